The highest BCUT2D eigenvalue weighted by atomic mass is 16.5. The van der Waals surface area contributed by atoms with Gasteiger partial charge in [-0.2, -0.15) is 5.10 Å². The van der Waals surface area contributed by atoms with Gasteiger partial charge in [-0.15, -0.1) is 0 Å². The monoisotopic (exact) mass is 303 g/mol. The first-order valence-electron chi connectivity index (χ1n) is 7.72. The van der Waals surface area contributed by atoms with Gasteiger partial charge >= 0.3 is 0 Å². The molecule has 6 heteroatoms. The summed E-state index contributed by atoms with van der Waals surface area (Å²) in [5, 5.41) is 10.9. The number of benzene rings is 1. The van der Waals surface area contributed by atoms with Crippen molar-refractivity contribution in [2.24, 2.45) is 0 Å². The molecule has 1 aromatic heterocycles. The van der Waals surface area contributed by atoms with Crippen molar-refractivity contribution in [2.45, 2.75) is 19.4 Å². The molecule has 6 nitrogen and oxygen atoms in total. The molecule has 1 saturated heterocycles. The molecular weight excluding hydrogens is 280 g/mol. The fourth-order valence-corrected chi connectivity index (χ4v) is 2.94. The normalized spacial score (nSPS) is 16.8. The lowest BCUT2D eigenvalue weighted by Gasteiger charge is -2.37. The van der Waals surface area contributed by atoms with Gasteiger partial charge in [-0.3, -0.25) is 9.89 Å². The predicted molar refractivity (Wildman–Crippen MR) is 84.0 cm³/mol. The number of aromatic amines is 1. The molecular formula is C16H23N4O2+. The molecule has 2 aromatic rings. The maximum atomic E-state index is 12.4. The number of para-hydroxylation sites is 1. The van der Waals surface area contributed by atoms with Gasteiger partial charge in [0.2, 0.25) is 0 Å². The number of hydrogen-bond donors (Lipinski definition) is 3. The molecule has 1 aliphatic rings. The smallest absolute Gasteiger partial charge is 0.272 e. The highest BCUT2D eigenvalue weighted by Gasteiger charge is 2.32. The van der Waals surface area contributed by atoms with Crippen LogP contribution in [0.1, 0.15) is 24.3 Å². The van der Waals surface area contributed by atoms with E-state index in [1.807, 2.05) is 24.3 Å². The number of carbonyl (C=O) groups is 1. The van der Waals surface area contributed by atoms with Crippen molar-refractivity contribution in [3.05, 3.63) is 30.0 Å². The Morgan fingerprint density at radius 2 is 2.09 bits per heavy atom. The predicted octanol–water partition coefficient (Wildman–Crippen LogP) is -0.0136. The minimum Gasteiger partial charge on any atom is -0.370 e. The number of nitrogens with one attached hydrogen (secondary N) is 3. The number of rotatable bonds is 4. The molecule has 0 radical (unpaired) electrons. The lowest BCUT2D eigenvalue weighted by atomic mass is 10.0. The third-order valence-electron chi connectivity index (χ3n) is 4.43. The first kappa shape index (κ1) is 15.0. The first-order valence-corrected chi connectivity index (χ1v) is 7.72. The van der Waals surface area contributed by atoms with Gasteiger partial charge in [0.15, 0.2) is 5.69 Å². The van der Waals surface area contributed by atoms with Crippen LogP contribution in [0.2, 0.25) is 0 Å². The third-order valence-corrected chi connectivity index (χ3v) is 4.43. The van der Waals surface area contributed by atoms with E-state index in [0.29, 0.717) is 12.2 Å². The number of fused-ring (bicyclic) bond motifs is 1. The van der Waals surface area contributed by atoms with E-state index in [0.717, 1.165) is 37.2 Å². The number of H-pyrrole nitrogens is 1. The van der Waals surface area contributed by atoms with E-state index in [1.165, 1.54) is 4.90 Å². The summed E-state index contributed by atoms with van der Waals surface area (Å²) < 4.78 is 5.41. The largest absolute Gasteiger partial charge is 0.370 e. The molecule has 2 heterocycles. The molecule has 0 atom stereocenters. The summed E-state index contributed by atoms with van der Waals surface area (Å²) in [7, 11) is 0. The molecule has 0 spiro atoms. The molecule has 3 N–H and O–H groups in total. The van der Waals surface area contributed by atoms with Crippen molar-refractivity contribution in [3.63, 3.8) is 0 Å². The summed E-state index contributed by atoms with van der Waals surface area (Å²) in [6.07, 6.45) is 0. The van der Waals surface area contributed by atoms with E-state index < -0.39 is 0 Å². The summed E-state index contributed by atoms with van der Waals surface area (Å²) in [6.45, 7) is 8.51. The van der Waals surface area contributed by atoms with E-state index in [-0.39, 0.29) is 11.4 Å². The van der Waals surface area contributed by atoms with Crippen LogP contribution >= 0.6 is 0 Å². The second-order valence-corrected chi connectivity index (χ2v) is 6.40. The number of aromatic nitrogens is 2. The van der Waals surface area contributed by atoms with E-state index in [9.17, 15) is 4.79 Å². The van der Waals surface area contributed by atoms with Gasteiger partial charge in [0.25, 0.3) is 5.91 Å². The Labute approximate surface area is 129 Å². The van der Waals surface area contributed by atoms with Gasteiger partial charge in [0.1, 0.15) is 18.6 Å². The molecule has 118 valence electrons. The first-order chi connectivity index (χ1) is 10.6. The van der Waals surface area contributed by atoms with E-state index in [4.69, 9.17) is 4.74 Å². The summed E-state index contributed by atoms with van der Waals surface area (Å²) in [5.41, 5.74) is 1.32. The number of nitrogens with zero attached hydrogens (tertiary/aromatic N) is 1. The van der Waals surface area contributed by atoms with Crippen LogP contribution in [0, 0.1) is 0 Å². The summed E-state index contributed by atoms with van der Waals surface area (Å²) in [6, 6.07) is 7.66. The number of quaternary nitrogens is 1. The molecule has 0 bridgehead atoms. The zero-order chi connectivity index (χ0) is 15.6. The molecule has 0 saturated carbocycles. The second kappa shape index (κ2) is 6.06. The van der Waals surface area contributed by atoms with Crippen molar-refractivity contribution < 1.29 is 14.4 Å². The Morgan fingerprint density at radius 1 is 1.36 bits per heavy atom. The van der Waals surface area contributed by atoms with Crippen LogP contribution in [-0.4, -0.2) is 54.5 Å². The van der Waals surface area contributed by atoms with Crippen LogP contribution in [0.5, 0.6) is 0 Å². The number of morpholine rings is 1. The van der Waals surface area contributed by atoms with Gasteiger partial charge in [-0.1, -0.05) is 18.2 Å². The standard InChI is InChI=1S/C16H22N4O2/c1-16(2,20-7-9-22-10-8-20)11-17-15(21)14-12-5-3-4-6-13(12)18-19-14/h3-6H,7-11H2,1-2H3,(H,17,21)(H,18,19)/p+1. The molecule has 3 rings (SSSR count). The Balaban J connectivity index is 1.66. The SMILES string of the molecule is CC(C)(CNC(=O)c1n[nH]c2ccccc12)[NH+]1CCOCC1. The minimum atomic E-state index is -0.127. The van der Waals surface area contributed by atoms with Gasteiger partial charge in [0.05, 0.1) is 25.3 Å². The molecule has 0 aliphatic carbocycles. The number of ether oxygens (including phenoxy) is 1. The molecule has 1 fully saturated rings. The van der Waals surface area contributed by atoms with Crippen molar-refractivity contribution in [3.8, 4) is 0 Å². The quantitative estimate of drug-likeness (QED) is 0.744. The van der Waals surface area contributed by atoms with Crippen molar-refractivity contribution in [1.82, 2.24) is 15.5 Å². The Morgan fingerprint density at radius 3 is 2.86 bits per heavy atom. The summed E-state index contributed by atoms with van der Waals surface area (Å²) in [5.74, 6) is -0.127. The number of carbonyl (C=O) groups excluding carboxylic acids is 1. The van der Waals surface area contributed by atoms with Gasteiger partial charge in [0, 0.05) is 5.39 Å². The van der Waals surface area contributed by atoms with Gasteiger partial charge < -0.3 is 15.0 Å². The fraction of sp³-hybridized carbons (Fsp3) is 0.500. The summed E-state index contributed by atoms with van der Waals surface area (Å²) >= 11 is 0. The zero-order valence-corrected chi connectivity index (χ0v) is 13.1. The Bertz CT molecular complexity index is 659. The van der Waals surface area contributed by atoms with Crippen LogP contribution < -0.4 is 10.2 Å². The van der Waals surface area contributed by atoms with Crippen LogP contribution in [-0.2, 0) is 4.74 Å². The Kier molecular flexibility index (Phi) is 4.13. The van der Waals surface area contributed by atoms with E-state index in [2.05, 4.69) is 29.4 Å². The molecule has 1 amide bonds. The average Bonchev–Trinajstić information content (AvgIpc) is 2.98. The maximum Gasteiger partial charge on any atom is 0.272 e. The highest BCUT2D eigenvalue weighted by Crippen LogP contribution is 2.14. The fourth-order valence-electron chi connectivity index (χ4n) is 2.94. The van der Waals surface area contributed by atoms with Gasteiger partial charge in [-0.25, -0.2) is 0 Å². The van der Waals surface area contributed by atoms with Crippen molar-refractivity contribution in [2.75, 3.05) is 32.8 Å². The highest BCUT2D eigenvalue weighted by molar-refractivity contribution is 6.04. The Hall–Kier alpha value is -1.92. The second-order valence-electron chi connectivity index (χ2n) is 6.40. The van der Waals surface area contributed by atoms with Crippen LogP contribution in [0.4, 0.5) is 0 Å². The molecule has 0 unspecified atom stereocenters. The number of hydrogen-bond acceptors (Lipinski definition) is 3. The number of amides is 1. The molecule has 1 aliphatic heterocycles. The van der Waals surface area contributed by atoms with Crippen LogP contribution in [0.3, 0.4) is 0 Å². The lowest BCUT2D eigenvalue weighted by Crippen LogP contribution is -3.22. The van der Waals surface area contributed by atoms with Crippen molar-refractivity contribution >= 4 is 16.8 Å². The van der Waals surface area contributed by atoms with Crippen LogP contribution in [0.15, 0.2) is 24.3 Å². The maximum absolute atomic E-state index is 12.4. The average molecular weight is 303 g/mol. The lowest BCUT2D eigenvalue weighted by molar-refractivity contribution is -0.954. The third kappa shape index (κ3) is 2.98. The van der Waals surface area contributed by atoms with E-state index >= 15 is 0 Å². The summed E-state index contributed by atoms with van der Waals surface area (Å²) in [4.78, 5) is 13.9. The van der Waals surface area contributed by atoms with Crippen LogP contribution in [0.25, 0.3) is 10.9 Å². The zero-order valence-electron chi connectivity index (χ0n) is 13.1. The molecule has 22 heavy (non-hydrogen) atoms. The van der Waals surface area contributed by atoms with E-state index in [1.54, 1.807) is 0 Å². The minimum absolute atomic E-state index is 0.0223. The topological polar surface area (TPSA) is 71.5 Å². The van der Waals surface area contributed by atoms with Crippen molar-refractivity contribution in [1.29, 1.82) is 0 Å². The molecule has 1 aromatic carbocycles. The van der Waals surface area contributed by atoms with Gasteiger partial charge in [-0.05, 0) is 19.9 Å².